The monoisotopic (exact) mass is 222 g/mol. The highest BCUT2D eigenvalue weighted by molar-refractivity contribution is 5.94. The number of aryl methyl sites for hydroxylation is 1. The minimum atomic E-state index is -0.414. The molecule has 3 N–H and O–H groups in total. The van der Waals surface area contributed by atoms with Gasteiger partial charge in [-0.25, -0.2) is 0 Å². The third-order valence-electron chi connectivity index (χ3n) is 2.34. The summed E-state index contributed by atoms with van der Waals surface area (Å²) < 4.78 is 5.04. The third-order valence-corrected chi connectivity index (χ3v) is 2.34. The van der Waals surface area contributed by atoms with Crippen LogP contribution in [0.3, 0.4) is 0 Å². The number of anilines is 1. The first-order valence-corrected chi connectivity index (χ1v) is 5.20. The number of hydrogen-bond donors (Lipinski definition) is 2. The van der Waals surface area contributed by atoms with Crippen molar-refractivity contribution in [2.24, 2.45) is 5.73 Å². The number of benzene rings is 1. The Morgan fingerprint density at radius 2 is 2.25 bits per heavy atom. The van der Waals surface area contributed by atoms with Gasteiger partial charge in [-0.2, -0.15) is 0 Å². The van der Waals surface area contributed by atoms with Gasteiger partial charge in [-0.05, 0) is 31.5 Å². The van der Waals surface area contributed by atoms with E-state index in [9.17, 15) is 4.79 Å². The molecule has 0 aliphatic heterocycles. The molecule has 0 aromatic heterocycles. The van der Waals surface area contributed by atoms with Crippen LogP contribution in [0.2, 0.25) is 0 Å². The Labute approximate surface area is 95.8 Å². The number of carbonyl (C=O) groups is 1. The smallest absolute Gasteiger partial charge is 0.248 e. The largest absolute Gasteiger partial charge is 0.383 e. The minimum Gasteiger partial charge on any atom is -0.383 e. The highest BCUT2D eigenvalue weighted by Gasteiger charge is 2.07. The number of rotatable bonds is 5. The summed E-state index contributed by atoms with van der Waals surface area (Å²) in [6.45, 7) is 4.60. The van der Waals surface area contributed by atoms with Gasteiger partial charge < -0.3 is 15.8 Å². The molecule has 0 bridgehead atoms. The van der Waals surface area contributed by atoms with Gasteiger partial charge in [-0.3, -0.25) is 4.79 Å². The molecule has 1 rings (SSSR count). The van der Waals surface area contributed by atoms with E-state index in [2.05, 4.69) is 5.32 Å². The Balaban J connectivity index is 2.85. The van der Waals surface area contributed by atoms with E-state index < -0.39 is 5.91 Å². The van der Waals surface area contributed by atoms with Gasteiger partial charge in [0.25, 0.3) is 0 Å². The lowest BCUT2D eigenvalue weighted by Gasteiger charge is -2.16. The molecule has 0 heterocycles. The molecule has 4 nitrogen and oxygen atoms in total. The van der Waals surface area contributed by atoms with Crippen molar-refractivity contribution in [3.63, 3.8) is 0 Å². The maximum atomic E-state index is 11.0. The second-order valence-electron chi connectivity index (χ2n) is 3.89. The number of methoxy groups -OCH3 is 1. The van der Waals surface area contributed by atoms with Crippen LogP contribution in [0.5, 0.6) is 0 Å². The van der Waals surface area contributed by atoms with Gasteiger partial charge in [0, 0.05) is 24.4 Å². The van der Waals surface area contributed by atoms with E-state index in [0.29, 0.717) is 12.2 Å². The molecular formula is C12H18N2O2. The predicted molar refractivity (Wildman–Crippen MR) is 64.7 cm³/mol. The SMILES string of the molecule is COCC(C)Nc1cc(C(N)=O)ccc1C. The van der Waals surface area contributed by atoms with Crippen LogP contribution in [-0.2, 0) is 4.74 Å². The molecular weight excluding hydrogens is 204 g/mol. The molecule has 16 heavy (non-hydrogen) atoms. The highest BCUT2D eigenvalue weighted by Crippen LogP contribution is 2.17. The van der Waals surface area contributed by atoms with Gasteiger partial charge in [0.1, 0.15) is 0 Å². The minimum absolute atomic E-state index is 0.187. The van der Waals surface area contributed by atoms with Gasteiger partial charge in [0.2, 0.25) is 5.91 Å². The van der Waals surface area contributed by atoms with Crippen LogP contribution in [0.15, 0.2) is 18.2 Å². The van der Waals surface area contributed by atoms with Crippen molar-refractivity contribution in [2.45, 2.75) is 19.9 Å². The molecule has 0 fully saturated rings. The molecule has 0 aliphatic carbocycles. The van der Waals surface area contributed by atoms with Crippen LogP contribution in [0.25, 0.3) is 0 Å². The Bertz CT molecular complexity index is 377. The second-order valence-corrected chi connectivity index (χ2v) is 3.89. The molecule has 1 aromatic rings. The fourth-order valence-corrected chi connectivity index (χ4v) is 1.49. The standard InChI is InChI=1S/C12H18N2O2/c1-8-4-5-10(12(13)15)6-11(8)14-9(2)7-16-3/h4-6,9,14H,7H2,1-3H3,(H2,13,15). The number of nitrogens with two attached hydrogens (primary N) is 1. The van der Waals surface area contributed by atoms with Gasteiger partial charge >= 0.3 is 0 Å². The number of hydrogen-bond acceptors (Lipinski definition) is 3. The second kappa shape index (κ2) is 5.51. The summed E-state index contributed by atoms with van der Waals surface area (Å²) in [5.74, 6) is -0.414. The summed E-state index contributed by atoms with van der Waals surface area (Å²) in [4.78, 5) is 11.0. The number of nitrogens with one attached hydrogen (secondary N) is 1. The maximum absolute atomic E-state index is 11.0. The van der Waals surface area contributed by atoms with Crippen molar-refractivity contribution in [1.29, 1.82) is 0 Å². The molecule has 88 valence electrons. The van der Waals surface area contributed by atoms with E-state index in [1.807, 2.05) is 19.9 Å². The Kier molecular flexibility index (Phi) is 4.31. The van der Waals surface area contributed by atoms with Crippen molar-refractivity contribution < 1.29 is 9.53 Å². The van der Waals surface area contributed by atoms with Crippen LogP contribution in [-0.4, -0.2) is 25.7 Å². The van der Waals surface area contributed by atoms with Gasteiger partial charge in [0.05, 0.1) is 6.61 Å². The molecule has 1 aromatic carbocycles. The molecule has 4 heteroatoms. The molecule has 1 amide bonds. The first-order chi connectivity index (χ1) is 7.54. The van der Waals surface area contributed by atoms with Gasteiger partial charge in [-0.15, -0.1) is 0 Å². The fourth-order valence-electron chi connectivity index (χ4n) is 1.49. The fraction of sp³-hybridized carbons (Fsp3) is 0.417. The predicted octanol–water partition coefficient (Wildman–Crippen LogP) is 1.54. The molecule has 0 aliphatic rings. The van der Waals surface area contributed by atoms with Crippen molar-refractivity contribution in [3.05, 3.63) is 29.3 Å². The zero-order valence-corrected chi connectivity index (χ0v) is 9.91. The molecule has 1 unspecified atom stereocenters. The molecule has 1 atom stereocenters. The van der Waals surface area contributed by atoms with Crippen molar-refractivity contribution in [1.82, 2.24) is 0 Å². The van der Waals surface area contributed by atoms with E-state index in [0.717, 1.165) is 11.3 Å². The lowest BCUT2D eigenvalue weighted by atomic mass is 10.1. The van der Waals surface area contributed by atoms with E-state index >= 15 is 0 Å². The van der Waals surface area contributed by atoms with Crippen LogP contribution in [0.1, 0.15) is 22.8 Å². The zero-order valence-electron chi connectivity index (χ0n) is 9.91. The van der Waals surface area contributed by atoms with Crippen molar-refractivity contribution in [2.75, 3.05) is 19.0 Å². The van der Waals surface area contributed by atoms with Gasteiger partial charge in [-0.1, -0.05) is 6.07 Å². The van der Waals surface area contributed by atoms with Crippen molar-refractivity contribution >= 4 is 11.6 Å². The van der Waals surface area contributed by atoms with Crippen LogP contribution in [0.4, 0.5) is 5.69 Å². The summed E-state index contributed by atoms with van der Waals surface area (Å²) in [6.07, 6.45) is 0. The first-order valence-electron chi connectivity index (χ1n) is 5.20. The Morgan fingerprint density at radius 1 is 1.56 bits per heavy atom. The molecule has 0 saturated carbocycles. The quantitative estimate of drug-likeness (QED) is 0.794. The average molecular weight is 222 g/mol. The van der Waals surface area contributed by atoms with E-state index in [4.69, 9.17) is 10.5 Å². The molecule has 0 spiro atoms. The summed E-state index contributed by atoms with van der Waals surface area (Å²) in [5, 5.41) is 3.27. The number of primary amides is 1. The summed E-state index contributed by atoms with van der Waals surface area (Å²) >= 11 is 0. The Hall–Kier alpha value is -1.55. The first kappa shape index (κ1) is 12.5. The van der Waals surface area contributed by atoms with Crippen LogP contribution < -0.4 is 11.1 Å². The molecule has 0 radical (unpaired) electrons. The normalized spacial score (nSPS) is 12.2. The van der Waals surface area contributed by atoms with Crippen molar-refractivity contribution in [3.8, 4) is 0 Å². The summed E-state index contributed by atoms with van der Waals surface area (Å²) in [5.41, 5.74) is 7.74. The summed E-state index contributed by atoms with van der Waals surface area (Å²) in [7, 11) is 1.66. The lowest BCUT2D eigenvalue weighted by Crippen LogP contribution is -2.21. The number of carbonyl (C=O) groups excluding carboxylic acids is 1. The van der Waals surface area contributed by atoms with Crippen LogP contribution in [0, 0.1) is 6.92 Å². The Morgan fingerprint density at radius 3 is 2.81 bits per heavy atom. The van der Waals surface area contributed by atoms with Gasteiger partial charge in [0.15, 0.2) is 0 Å². The van der Waals surface area contributed by atoms with Crippen LogP contribution >= 0.6 is 0 Å². The highest BCUT2D eigenvalue weighted by atomic mass is 16.5. The summed E-state index contributed by atoms with van der Waals surface area (Å²) in [6, 6.07) is 5.56. The van der Waals surface area contributed by atoms with E-state index in [1.54, 1.807) is 19.2 Å². The average Bonchev–Trinajstić information content (AvgIpc) is 2.21. The topological polar surface area (TPSA) is 64.3 Å². The zero-order chi connectivity index (χ0) is 12.1. The van der Waals surface area contributed by atoms with E-state index in [-0.39, 0.29) is 6.04 Å². The third kappa shape index (κ3) is 3.24. The lowest BCUT2D eigenvalue weighted by molar-refractivity contribution is 0.100. The number of ether oxygens (including phenoxy) is 1. The number of amides is 1. The van der Waals surface area contributed by atoms with E-state index in [1.165, 1.54) is 0 Å². The molecule has 0 saturated heterocycles. The maximum Gasteiger partial charge on any atom is 0.248 e.